The molecule has 0 bridgehead atoms. The van der Waals surface area contributed by atoms with Crippen LogP contribution in [0.25, 0.3) is 0 Å². The third-order valence-corrected chi connectivity index (χ3v) is 5.74. The van der Waals surface area contributed by atoms with Crippen molar-refractivity contribution in [2.45, 2.75) is 5.16 Å². The van der Waals surface area contributed by atoms with Crippen LogP contribution >= 0.6 is 11.8 Å². The number of anilines is 3. The van der Waals surface area contributed by atoms with E-state index in [-0.39, 0.29) is 23.3 Å². The molecular formula is C22H21F2N5OS. The van der Waals surface area contributed by atoms with Crippen molar-refractivity contribution in [3.63, 3.8) is 0 Å². The number of aromatic nitrogens is 2. The Kier molecular flexibility index (Phi) is 6.61. The summed E-state index contributed by atoms with van der Waals surface area (Å²) >= 11 is 1.25. The Bertz CT molecular complexity index is 1020. The number of thioether (sulfide) groups is 1. The van der Waals surface area contributed by atoms with E-state index in [1.165, 1.54) is 48.2 Å². The van der Waals surface area contributed by atoms with Gasteiger partial charge in [0.2, 0.25) is 5.91 Å². The normalized spacial score (nSPS) is 13.9. The molecule has 2 aromatic carbocycles. The molecule has 0 unspecified atom stereocenters. The van der Waals surface area contributed by atoms with Gasteiger partial charge in [0.05, 0.1) is 5.75 Å². The van der Waals surface area contributed by atoms with E-state index >= 15 is 0 Å². The SMILES string of the molecule is O=C(CSc1nccc(N2CCN(c3ccc(F)cc3)CC2)n1)Nc1ccc(F)cc1. The van der Waals surface area contributed by atoms with Gasteiger partial charge in [-0.05, 0) is 54.6 Å². The summed E-state index contributed by atoms with van der Waals surface area (Å²) in [6, 6.07) is 14.0. The first kappa shape index (κ1) is 21.0. The minimum absolute atomic E-state index is 0.152. The van der Waals surface area contributed by atoms with Gasteiger partial charge in [0.25, 0.3) is 0 Å². The Morgan fingerprint density at radius 2 is 1.52 bits per heavy atom. The van der Waals surface area contributed by atoms with Gasteiger partial charge in [0.15, 0.2) is 5.16 Å². The van der Waals surface area contributed by atoms with Gasteiger partial charge in [-0.15, -0.1) is 0 Å². The molecule has 4 rings (SSSR count). The summed E-state index contributed by atoms with van der Waals surface area (Å²) in [6.45, 7) is 3.17. The Balaban J connectivity index is 1.29. The standard InChI is InChI=1S/C22H21F2N5OS/c23-16-1-5-18(6-2-16)26-21(30)15-31-22-25-10-9-20(27-22)29-13-11-28(12-14-29)19-7-3-17(24)4-8-19/h1-10H,11-15H2,(H,26,30). The van der Waals surface area contributed by atoms with E-state index in [4.69, 9.17) is 0 Å². The minimum atomic E-state index is -0.351. The molecule has 6 nitrogen and oxygen atoms in total. The van der Waals surface area contributed by atoms with Gasteiger partial charge in [0, 0.05) is 43.8 Å². The molecule has 1 amide bonds. The summed E-state index contributed by atoms with van der Waals surface area (Å²) < 4.78 is 26.1. The number of carbonyl (C=O) groups excluding carboxylic acids is 1. The van der Waals surface area contributed by atoms with Gasteiger partial charge in [0.1, 0.15) is 17.5 Å². The van der Waals surface area contributed by atoms with Crippen LogP contribution in [0.5, 0.6) is 0 Å². The van der Waals surface area contributed by atoms with Crippen molar-refractivity contribution in [3.8, 4) is 0 Å². The first-order valence-electron chi connectivity index (χ1n) is 9.83. The maximum absolute atomic E-state index is 13.1. The second-order valence-electron chi connectivity index (χ2n) is 6.99. The van der Waals surface area contributed by atoms with Crippen molar-refractivity contribution in [2.75, 3.05) is 47.0 Å². The van der Waals surface area contributed by atoms with Crippen LogP contribution < -0.4 is 15.1 Å². The van der Waals surface area contributed by atoms with E-state index in [1.54, 1.807) is 18.3 Å². The van der Waals surface area contributed by atoms with E-state index in [9.17, 15) is 13.6 Å². The van der Waals surface area contributed by atoms with Crippen molar-refractivity contribution in [1.29, 1.82) is 0 Å². The Labute approximate surface area is 183 Å². The van der Waals surface area contributed by atoms with Crippen LogP contribution in [-0.2, 0) is 4.79 Å². The van der Waals surface area contributed by atoms with Gasteiger partial charge in [-0.2, -0.15) is 0 Å². The molecule has 160 valence electrons. The lowest BCUT2D eigenvalue weighted by molar-refractivity contribution is -0.113. The number of amides is 1. The predicted octanol–water partition coefficient (Wildman–Crippen LogP) is 3.81. The number of piperazine rings is 1. The number of nitrogens with one attached hydrogen (secondary N) is 1. The highest BCUT2D eigenvalue weighted by Crippen LogP contribution is 2.22. The highest BCUT2D eigenvalue weighted by atomic mass is 32.2. The fraction of sp³-hybridized carbons (Fsp3) is 0.227. The van der Waals surface area contributed by atoms with E-state index in [0.29, 0.717) is 10.8 Å². The van der Waals surface area contributed by atoms with E-state index in [0.717, 1.165) is 37.7 Å². The summed E-state index contributed by atoms with van der Waals surface area (Å²) in [5, 5.41) is 3.24. The summed E-state index contributed by atoms with van der Waals surface area (Å²) in [6.07, 6.45) is 1.69. The largest absolute Gasteiger partial charge is 0.368 e. The van der Waals surface area contributed by atoms with Gasteiger partial charge in [-0.25, -0.2) is 18.7 Å². The molecule has 0 radical (unpaired) electrons. The monoisotopic (exact) mass is 441 g/mol. The van der Waals surface area contributed by atoms with Crippen molar-refractivity contribution < 1.29 is 13.6 Å². The Morgan fingerprint density at radius 1 is 0.903 bits per heavy atom. The van der Waals surface area contributed by atoms with Crippen LogP contribution in [-0.4, -0.2) is 47.8 Å². The van der Waals surface area contributed by atoms with Crippen molar-refractivity contribution in [2.24, 2.45) is 0 Å². The van der Waals surface area contributed by atoms with Gasteiger partial charge >= 0.3 is 0 Å². The topological polar surface area (TPSA) is 61.4 Å². The Hall–Kier alpha value is -3.20. The summed E-state index contributed by atoms with van der Waals surface area (Å²) in [5.41, 5.74) is 1.55. The van der Waals surface area contributed by atoms with Crippen LogP contribution in [0.1, 0.15) is 0 Å². The average molecular weight is 442 g/mol. The number of carbonyl (C=O) groups is 1. The molecule has 1 aromatic heterocycles. The second kappa shape index (κ2) is 9.74. The number of nitrogens with zero attached hydrogens (tertiary/aromatic N) is 4. The number of hydrogen-bond acceptors (Lipinski definition) is 6. The molecule has 3 aromatic rings. The number of hydrogen-bond donors (Lipinski definition) is 1. The molecule has 0 aliphatic carbocycles. The first-order chi connectivity index (χ1) is 15.1. The molecule has 1 aliphatic rings. The molecule has 1 N–H and O–H groups in total. The zero-order chi connectivity index (χ0) is 21.6. The molecule has 31 heavy (non-hydrogen) atoms. The fourth-order valence-corrected chi connectivity index (χ4v) is 3.91. The van der Waals surface area contributed by atoms with Crippen LogP contribution in [0, 0.1) is 11.6 Å². The van der Waals surface area contributed by atoms with E-state index < -0.39 is 0 Å². The van der Waals surface area contributed by atoms with Gasteiger partial charge < -0.3 is 15.1 Å². The highest BCUT2D eigenvalue weighted by Gasteiger charge is 2.19. The van der Waals surface area contributed by atoms with Gasteiger partial charge in [-0.1, -0.05) is 11.8 Å². The minimum Gasteiger partial charge on any atom is -0.368 e. The fourth-order valence-electron chi connectivity index (χ4n) is 3.28. The quantitative estimate of drug-likeness (QED) is 0.464. The van der Waals surface area contributed by atoms with Gasteiger partial charge in [-0.3, -0.25) is 4.79 Å². The molecule has 1 fully saturated rings. The van der Waals surface area contributed by atoms with Crippen LogP contribution in [0.15, 0.2) is 66.0 Å². The van der Waals surface area contributed by atoms with E-state index in [2.05, 4.69) is 25.1 Å². The molecule has 2 heterocycles. The smallest absolute Gasteiger partial charge is 0.234 e. The lowest BCUT2D eigenvalue weighted by Gasteiger charge is -2.36. The van der Waals surface area contributed by atoms with Crippen LogP contribution in [0.4, 0.5) is 26.0 Å². The number of halogens is 2. The third kappa shape index (κ3) is 5.69. The lowest BCUT2D eigenvalue weighted by Crippen LogP contribution is -2.46. The summed E-state index contributed by atoms with van der Waals surface area (Å²) in [7, 11) is 0. The zero-order valence-corrected chi connectivity index (χ0v) is 17.5. The highest BCUT2D eigenvalue weighted by molar-refractivity contribution is 7.99. The number of rotatable bonds is 6. The molecule has 1 aliphatic heterocycles. The van der Waals surface area contributed by atoms with Crippen LogP contribution in [0.2, 0.25) is 0 Å². The Morgan fingerprint density at radius 3 is 2.19 bits per heavy atom. The predicted molar refractivity (Wildman–Crippen MR) is 119 cm³/mol. The van der Waals surface area contributed by atoms with Crippen molar-refractivity contribution >= 4 is 34.9 Å². The number of benzene rings is 2. The molecule has 0 saturated carbocycles. The summed E-state index contributed by atoms with van der Waals surface area (Å²) in [5.74, 6) is 0.170. The summed E-state index contributed by atoms with van der Waals surface area (Å²) in [4.78, 5) is 25.3. The molecule has 9 heteroatoms. The maximum Gasteiger partial charge on any atom is 0.234 e. The van der Waals surface area contributed by atoms with Crippen molar-refractivity contribution in [3.05, 3.63) is 72.4 Å². The average Bonchev–Trinajstić information content (AvgIpc) is 2.80. The molecule has 0 atom stereocenters. The molecular weight excluding hydrogens is 420 g/mol. The molecule has 0 spiro atoms. The maximum atomic E-state index is 13.1. The van der Waals surface area contributed by atoms with Crippen LogP contribution in [0.3, 0.4) is 0 Å². The molecule has 1 saturated heterocycles. The van der Waals surface area contributed by atoms with Crippen molar-refractivity contribution in [1.82, 2.24) is 9.97 Å². The zero-order valence-electron chi connectivity index (χ0n) is 16.7. The first-order valence-corrected chi connectivity index (χ1v) is 10.8. The third-order valence-electron chi connectivity index (χ3n) is 4.87. The second-order valence-corrected chi connectivity index (χ2v) is 7.93. The lowest BCUT2D eigenvalue weighted by atomic mass is 10.2. The van der Waals surface area contributed by atoms with E-state index in [1.807, 2.05) is 6.07 Å².